The van der Waals surface area contributed by atoms with Crippen LogP contribution in [0.3, 0.4) is 0 Å². The van der Waals surface area contributed by atoms with E-state index in [-0.39, 0.29) is 41.8 Å². The van der Waals surface area contributed by atoms with Gasteiger partial charge in [-0.25, -0.2) is 17.8 Å². The predicted molar refractivity (Wildman–Crippen MR) is 115 cm³/mol. The van der Waals surface area contributed by atoms with Crippen molar-refractivity contribution >= 4 is 55.6 Å². The summed E-state index contributed by atoms with van der Waals surface area (Å²) in [6, 6.07) is 5.63. The number of carbonyl (C=O) groups is 2. The molecule has 3 heterocycles. The van der Waals surface area contributed by atoms with E-state index in [0.29, 0.717) is 21.6 Å². The number of thioether (sulfide) groups is 1. The molecule has 1 fully saturated rings. The fourth-order valence-corrected chi connectivity index (χ4v) is 6.60. The number of rotatable bonds is 6. The second kappa shape index (κ2) is 9.01. The summed E-state index contributed by atoms with van der Waals surface area (Å²) in [7, 11) is -3.18. The van der Waals surface area contributed by atoms with Crippen molar-refractivity contribution in [3.63, 3.8) is 0 Å². The molecule has 1 N–H and O–H groups in total. The minimum Gasteiger partial charge on any atom is -0.295 e. The molecule has 2 aliphatic rings. The van der Waals surface area contributed by atoms with Gasteiger partial charge in [0.2, 0.25) is 11.0 Å². The molecule has 1 aromatic heterocycles. The van der Waals surface area contributed by atoms with E-state index in [0.717, 1.165) is 10.6 Å². The van der Waals surface area contributed by atoms with Crippen LogP contribution in [0.5, 0.6) is 0 Å². The van der Waals surface area contributed by atoms with Crippen LogP contribution >= 0.6 is 23.1 Å². The maximum atomic E-state index is 13.0. The third kappa shape index (κ3) is 5.46. The summed E-state index contributed by atoms with van der Waals surface area (Å²) >= 11 is 2.61. The molecule has 0 spiro atoms. The van der Waals surface area contributed by atoms with Crippen LogP contribution in [-0.4, -0.2) is 58.7 Å². The Kier molecular flexibility index (Phi) is 6.34. The molecule has 4 rings (SSSR count). The zero-order valence-corrected chi connectivity index (χ0v) is 18.6. The molecule has 0 radical (unpaired) electrons. The van der Waals surface area contributed by atoms with Crippen molar-refractivity contribution in [1.29, 1.82) is 0 Å². The molecule has 1 atom stereocenters. The Bertz CT molecular complexity index is 1130. The maximum absolute atomic E-state index is 13.0. The van der Waals surface area contributed by atoms with E-state index in [4.69, 9.17) is 0 Å². The number of hydrogen-bond acceptors (Lipinski definition) is 9. The number of halogens is 1. The van der Waals surface area contributed by atoms with Gasteiger partial charge in [0.25, 0.3) is 5.91 Å². The Hall–Kier alpha value is -2.38. The largest absolute Gasteiger partial charge is 0.295 e. The van der Waals surface area contributed by atoms with Gasteiger partial charge < -0.3 is 0 Å². The second-order valence-electron chi connectivity index (χ2n) is 7.08. The number of sulfone groups is 1. The van der Waals surface area contributed by atoms with Gasteiger partial charge in [0, 0.05) is 18.6 Å². The number of amides is 2. The monoisotopic (exact) mass is 483 g/mol. The van der Waals surface area contributed by atoms with Gasteiger partial charge in [0.1, 0.15) is 11.5 Å². The highest BCUT2D eigenvalue weighted by Crippen LogP contribution is 2.29. The molecule has 13 heteroatoms. The summed E-state index contributed by atoms with van der Waals surface area (Å²) in [5.41, 5.74) is 1.09. The van der Waals surface area contributed by atoms with Gasteiger partial charge in [-0.05, 0) is 24.1 Å². The van der Waals surface area contributed by atoms with Crippen LogP contribution in [0.15, 0.2) is 33.7 Å². The number of benzene rings is 1. The maximum Gasteiger partial charge on any atom is 0.273 e. The molecule has 164 valence electrons. The van der Waals surface area contributed by atoms with E-state index >= 15 is 0 Å². The smallest absolute Gasteiger partial charge is 0.273 e. The van der Waals surface area contributed by atoms with E-state index in [1.54, 1.807) is 12.1 Å². The Balaban J connectivity index is 1.37. The molecule has 0 unspecified atom stereocenters. The highest BCUT2D eigenvalue weighted by Gasteiger charge is 2.37. The Labute approximate surface area is 186 Å². The number of nitrogens with zero attached hydrogens (tertiary/aromatic N) is 4. The lowest BCUT2D eigenvalue weighted by Crippen LogP contribution is -2.42. The van der Waals surface area contributed by atoms with E-state index in [2.05, 4.69) is 20.6 Å². The first-order chi connectivity index (χ1) is 14.8. The number of carbonyl (C=O) groups excluding carboxylic acids is 2. The van der Waals surface area contributed by atoms with E-state index in [1.165, 1.54) is 35.2 Å². The molecule has 1 aromatic carbocycles. The molecular weight excluding hydrogens is 465 g/mol. The van der Waals surface area contributed by atoms with Crippen molar-refractivity contribution in [2.45, 2.75) is 35.4 Å². The van der Waals surface area contributed by atoms with Crippen molar-refractivity contribution < 1.29 is 22.4 Å². The highest BCUT2D eigenvalue weighted by molar-refractivity contribution is 8.00. The summed E-state index contributed by atoms with van der Waals surface area (Å²) < 4.78 is 37.0. The molecule has 0 aliphatic carbocycles. The van der Waals surface area contributed by atoms with Crippen LogP contribution in [0, 0.1) is 5.82 Å². The molecule has 1 saturated heterocycles. The first kappa shape index (κ1) is 21.8. The summed E-state index contributed by atoms with van der Waals surface area (Å²) in [6.45, 7) is 0. The third-order valence-electron chi connectivity index (χ3n) is 4.78. The lowest BCUT2D eigenvalue weighted by molar-refractivity contribution is -0.133. The molecular formula is C18H18FN5O4S3. The first-order valence-corrected chi connectivity index (χ1v) is 13.0. The zero-order valence-electron chi connectivity index (χ0n) is 16.2. The Morgan fingerprint density at radius 2 is 2.03 bits per heavy atom. The first-order valence-electron chi connectivity index (χ1n) is 9.41. The topological polar surface area (TPSA) is 122 Å². The molecule has 2 amide bonds. The van der Waals surface area contributed by atoms with Gasteiger partial charge in [0.15, 0.2) is 14.2 Å². The molecule has 2 aliphatic heterocycles. The van der Waals surface area contributed by atoms with E-state index < -0.39 is 21.8 Å². The number of nitrogens with one attached hydrogen (secondary N) is 1. The minimum absolute atomic E-state index is 0.0155. The van der Waals surface area contributed by atoms with E-state index in [1.807, 2.05) is 0 Å². The van der Waals surface area contributed by atoms with Crippen molar-refractivity contribution in [2.24, 2.45) is 5.10 Å². The molecule has 0 bridgehead atoms. The van der Waals surface area contributed by atoms with Gasteiger partial charge >= 0.3 is 0 Å². The molecule has 0 saturated carbocycles. The lowest BCUT2D eigenvalue weighted by atomic mass is 10.1. The van der Waals surface area contributed by atoms with E-state index in [9.17, 15) is 22.4 Å². The molecule has 2 aromatic rings. The zero-order chi connectivity index (χ0) is 22.0. The number of anilines is 1. The predicted octanol–water partition coefficient (Wildman–Crippen LogP) is 2.07. The fourth-order valence-electron chi connectivity index (χ4n) is 3.20. The van der Waals surface area contributed by atoms with Crippen molar-refractivity contribution in [3.05, 3.63) is 35.6 Å². The normalized spacial score (nSPS) is 20.5. The quantitative estimate of drug-likeness (QED) is 0.493. The number of hydrogen-bond donors (Lipinski definition) is 1. The van der Waals surface area contributed by atoms with Crippen LogP contribution in [0.2, 0.25) is 0 Å². The lowest BCUT2D eigenvalue weighted by Gasteiger charge is -2.27. The SMILES string of the molecule is O=C(Nc1nnc(SCc2ccc(F)cc2)s1)C1=NN([C@H]2CCS(=O)(=O)C2)C(=O)CC1. The fraction of sp³-hybridized carbons (Fsp3) is 0.389. The van der Waals surface area contributed by atoms with Crippen molar-refractivity contribution in [3.8, 4) is 0 Å². The Morgan fingerprint density at radius 1 is 1.26 bits per heavy atom. The summed E-state index contributed by atoms with van der Waals surface area (Å²) in [5.74, 6) is -0.616. The van der Waals surface area contributed by atoms with Crippen LogP contribution in [0.1, 0.15) is 24.8 Å². The highest BCUT2D eigenvalue weighted by atomic mass is 32.2. The third-order valence-corrected chi connectivity index (χ3v) is 8.57. The summed E-state index contributed by atoms with van der Waals surface area (Å²) in [4.78, 5) is 24.8. The molecule has 31 heavy (non-hydrogen) atoms. The van der Waals surface area contributed by atoms with Crippen LogP contribution in [-0.2, 0) is 25.2 Å². The minimum atomic E-state index is -3.18. The Morgan fingerprint density at radius 3 is 2.74 bits per heavy atom. The van der Waals surface area contributed by atoms with Crippen LogP contribution in [0.4, 0.5) is 9.52 Å². The summed E-state index contributed by atoms with van der Waals surface area (Å²) in [6.07, 6.45) is 0.584. The van der Waals surface area contributed by atoms with Crippen molar-refractivity contribution in [1.82, 2.24) is 15.2 Å². The van der Waals surface area contributed by atoms with Crippen LogP contribution < -0.4 is 5.32 Å². The average Bonchev–Trinajstić information content (AvgIpc) is 3.33. The average molecular weight is 484 g/mol. The van der Waals surface area contributed by atoms with Gasteiger partial charge in [-0.3, -0.25) is 14.9 Å². The van der Waals surface area contributed by atoms with Crippen molar-refractivity contribution in [2.75, 3.05) is 16.8 Å². The van der Waals surface area contributed by atoms with Gasteiger partial charge in [0.05, 0.1) is 17.5 Å². The van der Waals surface area contributed by atoms with Gasteiger partial charge in [-0.2, -0.15) is 5.10 Å². The number of aromatic nitrogens is 2. The van der Waals surface area contributed by atoms with Gasteiger partial charge in [-0.1, -0.05) is 35.2 Å². The molecule has 9 nitrogen and oxygen atoms in total. The summed E-state index contributed by atoms with van der Waals surface area (Å²) in [5, 5.41) is 16.2. The number of hydrazone groups is 1. The standard InChI is InChI=1S/C18H18FN5O4S3/c19-12-3-1-11(2-4-12)9-29-18-22-21-17(30-18)20-16(26)14-5-6-15(25)24(23-14)13-7-8-31(27,28)10-13/h1-4,13H,5-10H2,(H,20,21,26)/t13-/m0/s1. The van der Waals surface area contributed by atoms with Crippen LogP contribution in [0.25, 0.3) is 0 Å². The second-order valence-corrected chi connectivity index (χ2v) is 11.5. The van der Waals surface area contributed by atoms with Gasteiger partial charge in [-0.15, -0.1) is 10.2 Å².